The van der Waals surface area contributed by atoms with Crippen LogP contribution >= 0.6 is 0 Å². The average molecular weight is 193 g/mol. The highest BCUT2D eigenvalue weighted by molar-refractivity contribution is 5.40. The Hall–Kier alpha value is -1.22. The highest BCUT2D eigenvalue weighted by atomic mass is 16.3. The molecule has 1 aliphatic rings. The van der Waals surface area contributed by atoms with Gasteiger partial charge < -0.3 is 15.5 Å². The van der Waals surface area contributed by atoms with E-state index in [1.807, 2.05) is 0 Å². The number of piperidine rings is 1. The maximum Gasteiger partial charge on any atom is 0.124 e. The van der Waals surface area contributed by atoms with Crippen molar-refractivity contribution in [2.75, 3.05) is 6.54 Å². The SMILES string of the molecule is Oc1ccc(C2CCCCN2)c(O)c1. The normalized spacial score (nSPS) is 22.1. The zero-order chi connectivity index (χ0) is 9.97. The van der Waals surface area contributed by atoms with Crippen LogP contribution in [-0.4, -0.2) is 16.8 Å². The minimum atomic E-state index is 0.113. The molecule has 1 aromatic carbocycles. The van der Waals surface area contributed by atoms with E-state index in [0.29, 0.717) is 0 Å². The van der Waals surface area contributed by atoms with Crippen molar-refractivity contribution in [2.24, 2.45) is 0 Å². The van der Waals surface area contributed by atoms with Gasteiger partial charge in [0.25, 0.3) is 0 Å². The van der Waals surface area contributed by atoms with Crippen molar-refractivity contribution in [3.63, 3.8) is 0 Å². The van der Waals surface area contributed by atoms with Gasteiger partial charge in [-0.25, -0.2) is 0 Å². The maximum atomic E-state index is 9.64. The van der Waals surface area contributed by atoms with Gasteiger partial charge in [-0.1, -0.05) is 12.5 Å². The van der Waals surface area contributed by atoms with Crippen LogP contribution in [0.5, 0.6) is 11.5 Å². The third-order valence-corrected chi connectivity index (χ3v) is 2.70. The standard InChI is InChI=1S/C11H15NO2/c13-8-4-5-9(11(14)7-8)10-3-1-2-6-12-10/h4-5,7,10,12-14H,1-3,6H2. The predicted molar refractivity (Wildman–Crippen MR) is 54.4 cm³/mol. The smallest absolute Gasteiger partial charge is 0.124 e. The van der Waals surface area contributed by atoms with E-state index in [4.69, 9.17) is 5.11 Å². The van der Waals surface area contributed by atoms with Crippen molar-refractivity contribution < 1.29 is 10.2 Å². The fraction of sp³-hybridized carbons (Fsp3) is 0.455. The van der Waals surface area contributed by atoms with Crippen molar-refractivity contribution in [3.05, 3.63) is 23.8 Å². The lowest BCUT2D eigenvalue weighted by molar-refractivity contribution is 0.388. The Morgan fingerprint density at radius 3 is 2.71 bits per heavy atom. The molecule has 0 bridgehead atoms. The number of aromatic hydroxyl groups is 2. The summed E-state index contributed by atoms with van der Waals surface area (Å²) in [5.74, 6) is 0.298. The number of rotatable bonds is 1. The molecule has 0 amide bonds. The molecule has 1 unspecified atom stereocenters. The zero-order valence-corrected chi connectivity index (χ0v) is 8.03. The molecule has 0 saturated carbocycles. The van der Waals surface area contributed by atoms with Gasteiger partial charge in [0.2, 0.25) is 0 Å². The third-order valence-electron chi connectivity index (χ3n) is 2.70. The van der Waals surface area contributed by atoms with Gasteiger partial charge in [0, 0.05) is 17.7 Å². The summed E-state index contributed by atoms with van der Waals surface area (Å²) < 4.78 is 0. The lowest BCUT2D eigenvalue weighted by Gasteiger charge is -2.24. The molecular formula is C11H15NO2. The van der Waals surface area contributed by atoms with Gasteiger partial charge in [-0.05, 0) is 25.5 Å². The van der Waals surface area contributed by atoms with Gasteiger partial charge in [0.05, 0.1) is 0 Å². The molecule has 1 saturated heterocycles. The first kappa shape index (κ1) is 9.34. The molecule has 3 N–H and O–H groups in total. The molecule has 3 heteroatoms. The summed E-state index contributed by atoms with van der Waals surface area (Å²) in [6.07, 6.45) is 3.45. The van der Waals surface area contributed by atoms with Crippen molar-refractivity contribution in [1.82, 2.24) is 5.32 Å². The number of phenolic OH excluding ortho intramolecular Hbond substituents is 2. The Morgan fingerprint density at radius 2 is 2.07 bits per heavy atom. The van der Waals surface area contributed by atoms with Crippen molar-refractivity contribution in [2.45, 2.75) is 25.3 Å². The summed E-state index contributed by atoms with van der Waals surface area (Å²) in [5.41, 5.74) is 0.891. The van der Waals surface area contributed by atoms with Crippen LogP contribution in [-0.2, 0) is 0 Å². The first-order valence-corrected chi connectivity index (χ1v) is 5.02. The summed E-state index contributed by atoms with van der Waals surface area (Å²) in [4.78, 5) is 0. The minimum Gasteiger partial charge on any atom is -0.508 e. The van der Waals surface area contributed by atoms with Crippen LogP contribution in [0.4, 0.5) is 0 Å². The first-order chi connectivity index (χ1) is 6.77. The topological polar surface area (TPSA) is 52.5 Å². The Bertz CT molecular complexity index is 319. The Balaban J connectivity index is 2.22. The molecule has 2 rings (SSSR count). The minimum absolute atomic E-state index is 0.113. The highest BCUT2D eigenvalue weighted by Crippen LogP contribution is 2.31. The van der Waals surface area contributed by atoms with E-state index in [0.717, 1.165) is 18.5 Å². The molecular weight excluding hydrogens is 178 g/mol. The molecule has 76 valence electrons. The molecule has 3 nitrogen and oxygen atoms in total. The van der Waals surface area contributed by atoms with Crippen LogP contribution in [0.25, 0.3) is 0 Å². The Kier molecular flexibility index (Phi) is 2.59. The molecule has 1 fully saturated rings. The van der Waals surface area contributed by atoms with E-state index >= 15 is 0 Å². The van der Waals surface area contributed by atoms with Gasteiger partial charge in [-0.3, -0.25) is 0 Å². The highest BCUT2D eigenvalue weighted by Gasteiger charge is 2.17. The molecule has 0 aromatic heterocycles. The molecule has 0 aliphatic carbocycles. The van der Waals surface area contributed by atoms with Gasteiger partial charge >= 0.3 is 0 Å². The number of nitrogens with one attached hydrogen (secondary N) is 1. The average Bonchev–Trinajstić information content (AvgIpc) is 2.19. The third kappa shape index (κ3) is 1.82. The summed E-state index contributed by atoms with van der Waals surface area (Å²) in [5, 5.41) is 22.2. The van der Waals surface area contributed by atoms with Crippen LogP contribution in [0.15, 0.2) is 18.2 Å². The summed E-state index contributed by atoms with van der Waals surface area (Å²) in [6, 6.07) is 5.04. The lowest BCUT2D eigenvalue weighted by Crippen LogP contribution is -2.26. The van der Waals surface area contributed by atoms with Crippen LogP contribution in [0.2, 0.25) is 0 Å². The monoisotopic (exact) mass is 193 g/mol. The van der Waals surface area contributed by atoms with Crippen LogP contribution in [0.1, 0.15) is 30.9 Å². The second-order valence-electron chi connectivity index (χ2n) is 3.75. The fourth-order valence-corrected chi connectivity index (χ4v) is 1.94. The summed E-state index contributed by atoms with van der Waals surface area (Å²) in [6.45, 7) is 1.00. The fourth-order valence-electron chi connectivity index (χ4n) is 1.94. The van der Waals surface area contributed by atoms with Crippen molar-refractivity contribution in [3.8, 4) is 11.5 Å². The van der Waals surface area contributed by atoms with Crippen LogP contribution < -0.4 is 5.32 Å². The van der Waals surface area contributed by atoms with E-state index in [-0.39, 0.29) is 17.5 Å². The van der Waals surface area contributed by atoms with Gasteiger partial charge in [-0.15, -0.1) is 0 Å². The van der Waals surface area contributed by atoms with Crippen molar-refractivity contribution in [1.29, 1.82) is 0 Å². The quantitative estimate of drug-likeness (QED) is 0.638. The Labute approximate surface area is 83.4 Å². The van der Waals surface area contributed by atoms with Crippen LogP contribution in [0, 0.1) is 0 Å². The zero-order valence-electron chi connectivity index (χ0n) is 8.03. The summed E-state index contributed by atoms with van der Waals surface area (Å²) >= 11 is 0. The molecule has 0 radical (unpaired) electrons. The van der Waals surface area contributed by atoms with Gasteiger partial charge in [-0.2, -0.15) is 0 Å². The molecule has 1 heterocycles. The van der Waals surface area contributed by atoms with E-state index in [1.165, 1.54) is 18.9 Å². The van der Waals surface area contributed by atoms with E-state index in [1.54, 1.807) is 12.1 Å². The first-order valence-electron chi connectivity index (χ1n) is 5.02. The van der Waals surface area contributed by atoms with Crippen LogP contribution in [0.3, 0.4) is 0 Å². The number of hydrogen-bond acceptors (Lipinski definition) is 3. The van der Waals surface area contributed by atoms with Crippen molar-refractivity contribution >= 4 is 0 Å². The summed E-state index contributed by atoms with van der Waals surface area (Å²) in [7, 11) is 0. The van der Waals surface area contributed by atoms with Gasteiger partial charge in [0.1, 0.15) is 11.5 Å². The maximum absolute atomic E-state index is 9.64. The predicted octanol–water partition coefficient (Wildman–Crippen LogP) is 1.91. The number of benzene rings is 1. The molecule has 1 aliphatic heterocycles. The molecule has 1 aromatic rings. The molecule has 14 heavy (non-hydrogen) atoms. The largest absolute Gasteiger partial charge is 0.508 e. The molecule has 0 spiro atoms. The van der Waals surface area contributed by atoms with E-state index in [2.05, 4.69) is 5.32 Å². The number of hydrogen-bond donors (Lipinski definition) is 3. The van der Waals surface area contributed by atoms with Gasteiger partial charge in [0.15, 0.2) is 0 Å². The number of phenols is 2. The second-order valence-corrected chi connectivity index (χ2v) is 3.75. The van der Waals surface area contributed by atoms with E-state index < -0.39 is 0 Å². The second kappa shape index (κ2) is 3.88. The lowest BCUT2D eigenvalue weighted by atomic mass is 9.97. The molecule has 1 atom stereocenters. The van der Waals surface area contributed by atoms with E-state index in [9.17, 15) is 5.11 Å². The Morgan fingerprint density at radius 1 is 1.21 bits per heavy atom.